The summed E-state index contributed by atoms with van der Waals surface area (Å²) in [5.74, 6) is 0.213. The van der Waals surface area contributed by atoms with Gasteiger partial charge in [-0.1, -0.05) is 37.3 Å². The Morgan fingerprint density at radius 1 is 0.962 bits per heavy atom. The standard InChI is InChI=1S/C20H24N2O4/c1-4-15-9-5-7-11-17(15)25-13-19(23)21-22-20(24)16-10-6-8-12-18(16)26-14(2)3/h5-12,14H,4,13H2,1-3H3,(H,21,23)(H,22,24). The summed E-state index contributed by atoms with van der Waals surface area (Å²) in [5, 5.41) is 0. The molecule has 2 aromatic rings. The number of hydrogen-bond donors (Lipinski definition) is 2. The predicted molar refractivity (Wildman–Crippen MR) is 99.1 cm³/mol. The van der Waals surface area contributed by atoms with Gasteiger partial charge < -0.3 is 9.47 Å². The number of para-hydroxylation sites is 2. The highest BCUT2D eigenvalue weighted by Crippen LogP contribution is 2.19. The van der Waals surface area contributed by atoms with E-state index in [1.54, 1.807) is 24.3 Å². The van der Waals surface area contributed by atoms with Gasteiger partial charge in [0, 0.05) is 0 Å². The van der Waals surface area contributed by atoms with Crippen LogP contribution in [0.25, 0.3) is 0 Å². The Morgan fingerprint density at radius 3 is 2.31 bits per heavy atom. The molecule has 0 bridgehead atoms. The van der Waals surface area contributed by atoms with E-state index in [1.807, 2.05) is 45.0 Å². The topological polar surface area (TPSA) is 76.7 Å². The fourth-order valence-corrected chi connectivity index (χ4v) is 2.32. The molecule has 0 saturated heterocycles. The summed E-state index contributed by atoms with van der Waals surface area (Å²) in [6.45, 7) is 5.57. The number of aryl methyl sites for hydroxylation is 1. The van der Waals surface area contributed by atoms with Crippen LogP contribution in [0.2, 0.25) is 0 Å². The third kappa shape index (κ3) is 5.51. The molecule has 0 aliphatic carbocycles. The fraction of sp³-hybridized carbons (Fsp3) is 0.300. The number of carbonyl (C=O) groups excluding carboxylic acids is 2. The molecule has 0 spiro atoms. The number of rotatable bonds is 7. The van der Waals surface area contributed by atoms with E-state index in [-0.39, 0.29) is 12.7 Å². The molecule has 138 valence electrons. The van der Waals surface area contributed by atoms with Gasteiger partial charge in [-0.15, -0.1) is 0 Å². The molecule has 0 atom stereocenters. The molecule has 6 heteroatoms. The molecule has 0 aliphatic rings. The zero-order chi connectivity index (χ0) is 18.9. The van der Waals surface area contributed by atoms with Gasteiger partial charge in [0.15, 0.2) is 6.61 Å². The van der Waals surface area contributed by atoms with Gasteiger partial charge in [0.25, 0.3) is 11.8 Å². The fourth-order valence-electron chi connectivity index (χ4n) is 2.32. The molecule has 0 saturated carbocycles. The van der Waals surface area contributed by atoms with E-state index in [2.05, 4.69) is 10.9 Å². The van der Waals surface area contributed by atoms with Crippen LogP contribution in [0.1, 0.15) is 36.7 Å². The molecule has 2 aromatic carbocycles. The quantitative estimate of drug-likeness (QED) is 0.748. The summed E-state index contributed by atoms with van der Waals surface area (Å²) in [4.78, 5) is 24.2. The van der Waals surface area contributed by atoms with Crippen molar-refractivity contribution in [3.8, 4) is 11.5 Å². The Bertz CT molecular complexity index is 759. The number of benzene rings is 2. The van der Waals surface area contributed by atoms with E-state index in [0.717, 1.165) is 12.0 Å². The Kier molecular flexibility index (Phi) is 7.02. The Morgan fingerprint density at radius 2 is 1.62 bits per heavy atom. The Hall–Kier alpha value is -3.02. The molecule has 26 heavy (non-hydrogen) atoms. The van der Waals surface area contributed by atoms with Gasteiger partial charge in [0.2, 0.25) is 0 Å². The maximum absolute atomic E-state index is 12.3. The second-order valence-corrected chi connectivity index (χ2v) is 5.92. The van der Waals surface area contributed by atoms with Crippen molar-refractivity contribution in [2.75, 3.05) is 6.61 Å². The van der Waals surface area contributed by atoms with Gasteiger partial charge in [-0.05, 0) is 44.0 Å². The minimum absolute atomic E-state index is 0.0643. The third-order valence-electron chi connectivity index (χ3n) is 3.52. The number of ether oxygens (including phenoxy) is 2. The molecule has 2 N–H and O–H groups in total. The summed E-state index contributed by atoms with van der Waals surface area (Å²) in [6, 6.07) is 14.4. The number of nitrogens with one attached hydrogen (secondary N) is 2. The number of amides is 2. The Balaban J connectivity index is 1.88. The molecule has 0 unspecified atom stereocenters. The van der Waals surface area contributed by atoms with E-state index >= 15 is 0 Å². The third-order valence-corrected chi connectivity index (χ3v) is 3.52. The lowest BCUT2D eigenvalue weighted by Crippen LogP contribution is -2.44. The molecule has 0 fully saturated rings. The normalized spacial score (nSPS) is 10.3. The lowest BCUT2D eigenvalue weighted by atomic mass is 10.1. The molecule has 0 heterocycles. The van der Waals surface area contributed by atoms with Crippen LogP contribution in [0.15, 0.2) is 48.5 Å². The van der Waals surface area contributed by atoms with Crippen molar-refractivity contribution in [3.05, 3.63) is 59.7 Å². The minimum Gasteiger partial charge on any atom is -0.490 e. The van der Waals surface area contributed by atoms with Crippen molar-refractivity contribution in [1.29, 1.82) is 0 Å². The smallest absolute Gasteiger partial charge is 0.276 e. The first kappa shape index (κ1) is 19.3. The van der Waals surface area contributed by atoms with E-state index < -0.39 is 11.8 Å². The van der Waals surface area contributed by atoms with Gasteiger partial charge in [-0.2, -0.15) is 0 Å². The van der Waals surface area contributed by atoms with E-state index in [0.29, 0.717) is 17.1 Å². The molecule has 2 rings (SSSR count). The average Bonchev–Trinajstić information content (AvgIpc) is 2.64. The van der Waals surface area contributed by atoms with Crippen LogP contribution in [0.4, 0.5) is 0 Å². The molecular weight excluding hydrogens is 332 g/mol. The van der Waals surface area contributed by atoms with Crippen LogP contribution in [0.5, 0.6) is 11.5 Å². The first-order chi connectivity index (χ1) is 12.5. The zero-order valence-corrected chi connectivity index (χ0v) is 15.2. The molecule has 2 amide bonds. The molecular formula is C20H24N2O4. The van der Waals surface area contributed by atoms with Gasteiger partial charge in [0.05, 0.1) is 11.7 Å². The van der Waals surface area contributed by atoms with Crippen molar-refractivity contribution in [3.63, 3.8) is 0 Å². The van der Waals surface area contributed by atoms with Gasteiger partial charge in [-0.25, -0.2) is 0 Å². The van der Waals surface area contributed by atoms with Crippen LogP contribution >= 0.6 is 0 Å². The van der Waals surface area contributed by atoms with Crippen molar-refractivity contribution in [1.82, 2.24) is 10.9 Å². The van der Waals surface area contributed by atoms with E-state index in [1.165, 1.54) is 0 Å². The van der Waals surface area contributed by atoms with Crippen molar-refractivity contribution < 1.29 is 19.1 Å². The molecule has 0 aliphatic heterocycles. The van der Waals surface area contributed by atoms with E-state index in [9.17, 15) is 9.59 Å². The maximum atomic E-state index is 12.3. The van der Waals surface area contributed by atoms with Crippen molar-refractivity contribution in [2.24, 2.45) is 0 Å². The zero-order valence-electron chi connectivity index (χ0n) is 15.2. The lowest BCUT2D eigenvalue weighted by molar-refractivity contribution is -0.123. The second kappa shape index (κ2) is 9.46. The SMILES string of the molecule is CCc1ccccc1OCC(=O)NNC(=O)c1ccccc1OC(C)C. The summed E-state index contributed by atoms with van der Waals surface area (Å²) >= 11 is 0. The largest absolute Gasteiger partial charge is 0.490 e. The Labute approximate surface area is 153 Å². The highest BCUT2D eigenvalue weighted by atomic mass is 16.5. The summed E-state index contributed by atoms with van der Waals surface area (Å²) in [7, 11) is 0. The molecule has 0 radical (unpaired) electrons. The maximum Gasteiger partial charge on any atom is 0.276 e. The van der Waals surface area contributed by atoms with Crippen molar-refractivity contribution in [2.45, 2.75) is 33.3 Å². The summed E-state index contributed by atoms with van der Waals surface area (Å²) < 4.78 is 11.1. The van der Waals surface area contributed by atoms with Crippen LogP contribution in [0.3, 0.4) is 0 Å². The summed E-state index contributed by atoms with van der Waals surface area (Å²) in [6.07, 6.45) is 0.742. The van der Waals surface area contributed by atoms with E-state index in [4.69, 9.17) is 9.47 Å². The van der Waals surface area contributed by atoms with Crippen LogP contribution < -0.4 is 20.3 Å². The van der Waals surface area contributed by atoms with Gasteiger partial charge in [-0.3, -0.25) is 20.4 Å². The second-order valence-electron chi connectivity index (χ2n) is 5.92. The number of hydrogen-bond acceptors (Lipinski definition) is 4. The monoisotopic (exact) mass is 356 g/mol. The highest BCUT2D eigenvalue weighted by molar-refractivity contribution is 5.97. The molecule has 6 nitrogen and oxygen atoms in total. The van der Waals surface area contributed by atoms with Crippen LogP contribution in [-0.2, 0) is 11.2 Å². The first-order valence-corrected chi connectivity index (χ1v) is 8.56. The van der Waals surface area contributed by atoms with Gasteiger partial charge in [0.1, 0.15) is 11.5 Å². The minimum atomic E-state index is -0.455. The predicted octanol–water partition coefficient (Wildman–Crippen LogP) is 2.88. The lowest BCUT2D eigenvalue weighted by Gasteiger charge is -2.14. The average molecular weight is 356 g/mol. The van der Waals surface area contributed by atoms with Crippen LogP contribution in [0, 0.1) is 0 Å². The number of carbonyl (C=O) groups is 2. The molecule has 0 aromatic heterocycles. The first-order valence-electron chi connectivity index (χ1n) is 8.56. The van der Waals surface area contributed by atoms with Gasteiger partial charge >= 0.3 is 0 Å². The van der Waals surface area contributed by atoms with Crippen molar-refractivity contribution >= 4 is 11.8 Å². The van der Waals surface area contributed by atoms with Crippen LogP contribution in [-0.4, -0.2) is 24.5 Å². The highest BCUT2D eigenvalue weighted by Gasteiger charge is 2.14. The number of hydrazine groups is 1. The summed E-state index contributed by atoms with van der Waals surface area (Å²) in [5.41, 5.74) is 6.09.